The van der Waals surface area contributed by atoms with Gasteiger partial charge in [-0.1, -0.05) is 11.6 Å². The Morgan fingerprint density at radius 1 is 1.26 bits per heavy atom. The molecular weight excluding hydrogens is 258 g/mol. The molecule has 1 heterocycles. The Morgan fingerprint density at radius 2 is 2.05 bits per heavy atom. The topological polar surface area (TPSA) is 21.3 Å². The minimum atomic E-state index is 0.0153. The number of aryl methyl sites for hydroxylation is 1. The van der Waals surface area contributed by atoms with E-state index in [9.17, 15) is 0 Å². The van der Waals surface area contributed by atoms with E-state index in [0.29, 0.717) is 0 Å². The summed E-state index contributed by atoms with van der Waals surface area (Å²) in [5.41, 5.74) is 4.01. The summed E-state index contributed by atoms with van der Waals surface area (Å²) in [6.07, 6.45) is 7.13. The minimum Gasteiger partial charge on any atom is -0.495 e. The van der Waals surface area contributed by atoms with Gasteiger partial charge in [0.15, 0.2) is 0 Å². The quantitative estimate of drug-likeness (QED) is 0.888. The van der Waals surface area contributed by atoms with Gasteiger partial charge in [0.05, 0.1) is 12.1 Å². The molecule has 1 aliphatic heterocycles. The molecule has 0 bridgehead atoms. The van der Waals surface area contributed by atoms with Crippen molar-refractivity contribution in [3.05, 3.63) is 27.8 Å². The lowest BCUT2D eigenvalue weighted by Crippen LogP contribution is -2.34. The Hall–Kier alpha value is -0.730. The first-order chi connectivity index (χ1) is 9.15. The number of nitrogens with one attached hydrogen (secondary N) is 1. The van der Waals surface area contributed by atoms with Crippen LogP contribution < -0.4 is 10.1 Å². The van der Waals surface area contributed by atoms with Crippen molar-refractivity contribution >= 4 is 11.6 Å². The van der Waals surface area contributed by atoms with E-state index >= 15 is 0 Å². The Morgan fingerprint density at radius 3 is 2.74 bits per heavy atom. The zero-order valence-corrected chi connectivity index (χ0v) is 12.6. The first-order valence-corrected chi connectivity index (χ1v) is 7.67. The van der Waals surface area contributed by atoms with E-state index in [-0.39, 0.29) is 5.54 Å². The first-order valence-electron chi connectivity index (χ1n) is 7.29. The van der Waals surface area contributed by atoms with Crippen LogP contribution in [0.3, 0.4) is 0 Å². The van der Waals surface area contributed by atoms with Crippen molar-refractivity contribution < 1.29 is 4.74 Å². The number of hydrogen-bond donors (Lipinski definition) is 1. The normalized spacial score (nSPS) is 26.3. The molecule has 0 radical (unpaired) electrons. The van der Waals surface area contributed by atoms with Crippen molar-refractivity contribution in [3.8, 4) is 5.75 Å². The number of hydrogen-bond acceptors (Lipinski definition) is 2. The standard InChI is InChI=1S/C16H22ClNO/c1-16(8-5-9-18-16)13-10-11-6-3-4-7-12(11)14(17)15(13)19-2/h10,18H,3-9H2,1-2H3. The van der Waals surface area contributed by atoms with Gasteiger partial charge < -0.3 is 10.1 Å². The van der Waals surface area contributed by atoms with Gasteiger partial charge in [-0.05, 0) is 69.2 Å². The highest BCUT2D eigenvalue weighted by molar-refractivity contribution is 6.33. The molecule has 0 amide bonds. The molecule has 3 rings (SSSR count). The molecular formula is C16H22ClNO. The lowest BCUT2D eigenvalue weighted by atomic mass is 9.83. The molecule has 1 fully saturated rings. The maximum Gasteiger partial charge on any atom is 0.142 e. The van der Waals surface area contributed by atoms with E-state index < -0.39 is 0 Å². The van der Waals surface area contributed by atoms with Gasteiger partial charge in [0.2, 0.25) is 0 Å². The van der Waals surface area contributed by atoms with Crippen molar-refractivity contribution in [1.82, 2.24) is 5.32 Å². The van der Waals surface area contributed by atoms with Crippen LogP contribution in [0.25, 0.3) is 0 Å². The summed E-state index contributed by atoms with van der Waals surface area (Å²) in [5.74, 6) is 0.888. The molecule has 1 aromatic rings. The molecule has 1 N–H and O–H groups in total. The molecule has 0 saturated carbocycles. The highest BCUT2D eigenvalue weighted by atomic mass is 35.5. The fourth-order valence-electron chi connectivity index (χ4n) is 3.57. The van der Waals surface area contributed by atoms with Crippen LogP contribution >= 0.6 is 11.6 Å². The monoisotopic (exact) mass is 279 g/mol. The predicted molar refractivity (Wildman–Crippen MR) is 79.2 cm³/mol. The van der Waals surface area contributed by atoms with Crippen LogP contribution in [0.2, 0.25) is 5.02 Å². The third kappa shape index (κ3) is 2.15. The van der Waals surface area contributed by atoms with Gasteiger partial charge in [-0.2, -0.15) is 0 Å². The summed E-state index contributed by atoms with van der Waals surface area (Å²) in [6.45, 7) is 3.35. The molecule has 1 aromatic carbocycles. The Bertz CT molecular complexity index is 492. The maximum absolute atomic E-state index is 6.62. The van der Waals surface area contributed by atoms with Crippen LogP contribution in [0, 0.1) is 0 Å². The molecule has 3 heteroatoms. The molecule has 1 atom stereocenters. The minimum absolute atomic E-state index is 0.0153. The second kappa shape index (κ2) is 4.99. The first kappa shape index (κ1) is 13.3. The second-order valence-electron chi connectivity index (χ2n) is 5.98. The number of rotatable bonds is 2. The largest absolute Gasteiger partial charge is 0.495 e. The molecule has 2 aliphatic rings. The van der Waals surface area contributed by atoms with Crippen LogP contribution in [0.4, 0.5) is 0 Å². The van der Waals surface area contributed by atoms with E-state index in [0.717, 1.165) is 36.6 Å². The fourth-order valence-corrected chi connectivity index (χ4v) is 3.96. The zero-order chi connectivity index (χ0) is 13.5. The number of methoxy groups -OCH3 is 1. The van der Waals surface area contributed by atoms with Crippen LogP contribution in [-0.2, 0) is 18.4 Å². The second-order valence-corrected chi connectivity index (χ2v) is 6.36. The van der Waals surface area contributed by atoms with Crippen molar-refractivity contribution in [3.63, 3.8) is 0 Å². The van der Waals surface area contributed by atoms with Gasteiger partial charge in [-0.25, -0.2) is 0 Å². The van der Waals surface area contributed by atoms with Gasteiger partial charge in [0.25, 0.3) is 0 Å². The van der Waals surface area contributed by atoms with E-state index in [1.54, 1.807) is 7.11 Å². The number of fused-ring (bicyclic) bond motifs is 1. The average Bonchev–Trinajstić information content (AvgIpc) is 2.87. The molecule has 104 valence electrons. The van der Waals surface area contributed by atoms with Gasteiger partial charge in [-0.15, -0.1) is 0 Å². The van der Waals surface area contributed by atoms with E-state index in [2.05, 4.69) is 18.3 Å². The van der Waals surface area contributed by atoms with Crippen molar-refractivity contribution in [2.24, 2.45) is 0 Å². The van der Waals surface area contributed by atoms with Crippen LogP contribution in [0.5, 0.6) is 5.75 Å². The molecule has 0 aromatic heterocycles. The smallest absolute Gasteiger partial charge is 0.142 e. The lowest BCUT2D eigenvalue weighted by molar-refractivity contribution is 0.370. The molecule has 19 heavy (non-hydrogen) atoms. The summed E-state index contributed by atoms with van der Waals surface area (Å²) in [6, 6.07) is 2.34. The molecule has 2 nitrogen and oxygen atoms in total. The summed E-state index contributed by atoms with van der Waals surface area (Å²) in [5, 5.41) is 4.47. The SMILES string of the molecule is COc1c(C2(C)CCCN2)cc2c(c1Cl)CCCC2. The zero-order valence-electron chi connectivity index (χ0n) is 11.8. The number of ether oxygens (including phenoxy) is 1. The Kier molecular flexibility index (Phi) is 3.48. The predicted octanol–water partition coefficient (Wildman–Crippen LogP) is 3.83. The van der Waals surface area contributed by atoms with E-state index in [4.69, 9.17) is 16.3 Å². The third-order valence-corrected chi connectivity index (χ3v) is 5.11. The van der Waals surface area contributed by atoms with Crippen molar-refractivity contribution in [1.29, 1.82) is 0 Å². The fraction of sp³-hybridized carbons (Fsp3) is 0.625. The summed E-state index contributed by atoms with van der Waals surface area (Å²) in [7, 11) is 1.73. The van der Waals surface area contributed by atoms with Crippen molar-refractivity contribution in [2.75, 3.05) is 13.7 Å². The summed E-state index contributed by atoms with van der Waals surface area (Å²) in [4.78, 5) is 0. The van der Waals surface area contributed by atoms with Crippen LogP contribution in [0.1, 0.15) is 49.3 Å². The Balaban J connectivity index is 2.15. The lowest BCUT2D eigenvalue weighted by Gasteiger charge is -2.30. The van der Waals surface area contributed by atoms with Gasteiger partial charge in [0, 0.05) is 11.1 Å². The van der Waals surface area contributed by atoms with E-state index in [1.807, 2.05) is 0 Å². The number of halogens is 1. The molecule has 1 aliphatic carbocycles. The maximum atomic E-state index is 6.62. The van der Waals surface area contributed by atoms with Crippen LogP contribution in [-0.4, -0.2) is 13.7 Å². The Labute approximate surface area is 120 Å². The van der Waals surface area contributed by atoms with Gasteiger partial charge in [-0.3, -0.25) is 0 Å². The average molecular weight is 280 g/mol. The van der Waals surface area contributed by atoms with Crippen LogP contribution in [0.15, 0.2) is 6.07 Å². The van der Waals surface area contributed by atoms with Gasteiger partial charge in [0.1, 0.15) is 5.75 Å². The van der Waals surface area contributed by atoms with E-state index in [1.165, 1.54) is 36.0 Å². The molecule has 0 spiro atoms. The van der Waals surface area contributed by atoms with Gasteiger partial charge >= 0.3 is 0 Å². The molecule has 1 unspecified atom stereocenters. The molecule has 1 saturated heterocycles. The summed E-state index contributed by atoms with van der Waals surface area (Å²) < 4.78 is 5.65. The third-order valence-electron chi connectivity index (χ3n) is 4.71. The van der Waals surface area contributed by atoms with Crippen molar-refractivity contribution in [2.45, 2.75) is 51.0 Å². The summed E-state index contributed by atoms with van der Waals surface area (Å²) >= 11 is 6.62. The highest BCUT2D eigenvalue weighted by Gasteiger charge is 2.35. The highest BCUT2D eigenvalue weighted by Crippen LogP contribution is 2.44. The number of benzene rings is 1.